The number of halogens is 1. The van der Waals surface area contributed by atoms with Gasteiger partial charge in [0.15, 0.2) is 0 Å². The Hall–Kier alpha value is 0.200. The molecule has 0 spiro atoms. The van der Waals surface area contributed by atoms with E-state index >= 15 is 0 Å². The molecule has 0 saturated heterocycles. The number of hydrogen-bond donors (Lipinski definition) is 0. The number of rotatable bonds is 2. The number of sulfonamides is 1. The van der Waals surface area contributed by atoms with Gasteiger partial charge in [-0.1, -0.05) is 0 Å². The van der Waals surface area contributed by atoms with E-state index in [1.807, 2.05) is 0 Å². The molecule has 0 amide bonds. The van der Waals surface area contributed by atoms with Crippen LogP contribution in [0.3, 0.4) is 0 Å². The summed E-state index contributed by atoms with van der Waals surface area (Å²) in [7, 11) is -1.27. The summed E-state index contributed by atoms with van der Waals surface area (Å²) in [5.41, 5.74) is 0. The summed E-state index contributed by atoms with van der Waals surface area (Å²) < 4.78 is 22.9. The molecule has 0 heterocycles. The van der Waals surface area contributed by atoms with Gasteiger partial charge in [-0.05, 0) is 12.8 Å². The molecule has 62 valence electrons. The van der Waals surface area contributed by atoms with Gasteiger partial charge in [-0.2, -0.15) is 0 Å². The van der Waals surface area contributed by atoms with Crippen LogP contribution < -0.4 is 0 Å². The van der Waals surface area contributed by atoms with E-state index in [1.54, 1.807) is 7.05 Å². The second-order valence-corrected chi connectivity index (χ2v) is 4.55. The minimum absolute atomic E-state index is 0. The Kier molecular flexibility index (Phi) is 3.13. The van der Waals surface area contributed by atoms with Crippen molar-refractivity contribution in [2.45, 2.75) is 18.9 Å². The third-order valence-electron chi connectivity index (χ3n) is 1.58. The molecule has 1 aliphatic carbocycles. The average Bonchev–Trinajstić information content (AvgIpc) is 2.40. The topological polar surface area (TPSA) is 37.4 Å². The first-order valence-electron chi connectivity index (χ1n) is 2.95. The summed E-state index contributed by atoms with van der Waals surface area (Å²) in [5, 5.41) is 0. The lowest BCUT2D eigenvalue weighted by Gasteiger charge is -2.11. The molecule has 0 bridgehead atoms. The van der Waals surface area contributed by atoms with E-state index in [0.717, 1.165) is 12.8 Å². The van der Waals surface area contributed by atoms with Gasteiger partial charge in [0.1, 0.15) is 0 Å². The van der Waals surface area contributed by atoms with Crippen LogP contribution in [0, 0.1) is 0 Å². The first-order valence-corrected chi connectivity index (χ1v) is 4.79. The van der Waals surface area contributed by atoms with Crippen LogP contribution in [0.2, 0.25) is 0 Å². The zero-order valence-electron chi connectivity index (χ0n) is 6.07. The van der Waals surface area contributed by atoms with E-state index in [1.165, 1.54) is 10.6 Å². The van der Waals surface area contributed by atoms with E-state index in [0.29, 0.717) is 6.04 Å². The maximum atomic E-state index is 10.7. The van der Waals surface area contributed by atoms with Crippen molar-refractivity contribution in [2.24, 2.45) is 0 Å². The van der Waals surface area contributed by atoms with Crippen molar-refractivity contribution in [3.05, 3.63) is 0 Å². The van der Waals surface area contributed by atoms with E-state index in [9.17, 15) is 8.42 Å². The van der Waals surface area contributed by atoms with Crippen molar-refractivity contribution in [2.75, 3.05) is 13.3 Å². The lowest BCUT2D eigenvalue weighted by atomic mass is 10.7. The predicted octanol–water partition coefficient (Wildman–Crippen LogP) is 0.462. The summed E-state index contributed by atoms with van der Waals surface area (Å²) in [6.45, 7) is 0. The van der Waals surface area contributed by atoms with Crippen LogP contribution in [0.25, 0.3) is 0 Å². The summed E-state index contributed by atoms with van der Waals surface area (Å²) in [5.74, 6) is 0. The van der Waals surface area contributed by atoms with E-state index in [-0.39, 0.29) is 12.4 Å². The van der Waals surface area contributed by atoms with Gasteiger partial charge in [0, 0.05) is 13.1 Å². The van der Waals surface area contributed by atoms with Gasteiger partial charge < -0.3 is 0 Å². The molecule has 0 atom stereocenters. The number of nitrogens with zero attached hydrogens (tertiary/aromatic N) is 1. The Morgan fingerprint density at radius 2 is 1.80 bits per heavy atom. The van der Waals surface area contributed by atoms with Crippen molar-refractivity contribution in [3.63, 3.8) is 0 Å². The molecule has 1 saturated carbocycles. The van der Waals surface area contributed by atoms with Crippen LogP contribution in [0.4, 0.5) is 0 Å². The van der Waals surface area contributed by atoms with Crippen molar-refractivity contribution < 1.29 is 8.42 Å². The van der Waals surface area contributed by atoms with Gasteiger partial charge in [-0.3, -0.25) is 0 Å². The van der Waals surface area contributed by atoms with Crippen LogP contribution in [0.1, 0.15) is 12.8 Å². The minimum Gasteiger partial charge on any atom is -0.213 e. The lowest BCUT2D eigenvalue weighted by Crippen LogP contribution is -2.27. The minimum atomic E-state index is -2.91. The quantitative estimate of drug-likeness (QED) is 0.627. The maximum Gasteiger partial charge on any atom is 0.211 e. The molecule has 0 aromatic rings. The SMILES string of the molecule is CN(C1CC1)S(C)(=O)=O.Cl. The van der Waals surface area contributed by atoms with Crippen LogP contribution in [0.5, 0.6) is 0 Å². The normalized spacial score (nSPS) is 18.7. The highest BCUT2D eigenvalue weighted by Crippen LogP contribution is 2.26. The zero-order valence-corrected chi connectivity index (χ0v) is 7.70. The Labute approximate surface area is 67.9 Å². The fourth-order valence-electron chi connectivity index (χ4n) is 0.709. The molecular formula is C5H12ClNO2S. The van der Waals surface area contributed by atoms with Gasteiger partial charge in [0.25, 0.3) is 0 Å². The molecule has 1 rings (SSSR count). The van der Waals surface area contributed by atoms with Crippen LogP contribution in [0.15, 0.2) is 0 Å². The van der Waals surface area contributed by atoms with E-state index in [2.05, 4.69) is 0 Å². The Morgan fingerprint density at radius 3 is 1.90 bits per heavy atom. The molecule has 10 heavy (non-hydrogen) atoms. The standard InChI is InChI=1S/C5H11NO2S.ClH/c1-6(5-3-4-5)9(2,7)8;/h5H,3-4H2,1-2H3;1H. The van der Waals surface area contributed by atoms with Crippen molar-refractivity contribution in [1.82, 2.24) is 4.31 Å². The van der Waals surface area contributed by atoms with Crippen LogP contribution >= 0.6 is 12.4 Å². The van der Waals surface area contributed by atoms with Crippen molar-refractivity contribution in [1.29, 1.82) is 0 Å². The molecule has 0 radical (unpaired) electrons. The van der Waals surface area contributed by atoms with E-state index < -0.39 is 10.0 Å². The van der Waals surface area contributed by atoms with Gasteiger partial charge >= 0.3 is 0 Å². The molecule has 5 heteroatoms. The molecule has 0 aliphatic heterocycles. The molecule has 0 N–H and O–H groups in total. The highest BCUT2D eigenvalue weighted by molar-refractivity contribution is 7.88. The summed E-state index contributed by atoms with van der Waals surface area (Å²) in [6, 6.07) is 0.306. The third kappa shape index (κ3) is 2.44. The predicted molar refractivity (Wildman–Crippen MR) is 42.9 cm³/mol. The smallest absolute Gasteiger partial charge is 0.211 e. The molecule has 1 aliphatic rings. The number of hydrogen-bond acceptors (Lipinski definition) is 2. The fraction of sp³-hybridized carbons (Fsp3) is 1.00. The third-order valence-corrected chi connectivity index (χ3v) is 2.93. The molecule has 1 fully saturated rings. The monoisotopic (exact) mass is 185 g/mol. The second-order valence-electron chi connectivity index (χ2n) is 2.51. The molecule has 0 unspecified atom stereocenters. The molecule has 0 aromatic carbocycles. The molecular weight excluding hydrogens is 174 g/mol. The Morgan fingerprint density at radius 1 is 1.40 bits per heavy atom. The lowest BCUT2D eigenvalue weighted by molar-refractivity contribution is 0.469. The summed E-state index contributed by atoms with van der Waals surface area (Å²) in [4.78, 5) is 0. The van der Waals surface area contributed by atoms with Crippen LogP contribution in [-0.4, -0.2) is 32.1 Å². The van der Waals surface area contributed by atoms with Crippen LogP contribution in [-0.2, 0) is 10.0 Å². The Balaban J connectivity index is 0.000000810. The largest absolute Gasteiger partial charge is 0.213 e. The summed E-state index contributed by atoms with van der Waals surface area (Å²) in [6.07, 6.45) is 3.30. The van der Waals surface area contributed by atoms with Gasteiger partial charge in [-0.25, -0.2) is 12.7 Å². The molecule has 0 aromatic heterocycles. The maximum absolute atomic E-state index is 10.7. The first-order chi connectivity index (χ1) is 4.02. The fourth-order valence-corrected chi connectivity index (χ4v) is 1.46. The van der Waals surface area contributed by atoms with Crippen molar-refractivity contribution in [3.8, 4) is 0 Å². The van der Waals surface area contributed by atoms with Gasteiger partial charge in [0.05, 0.1) is 6.26 Å². The average molecular weight is 186 g/mol. The van der Waals surface area contributed by atoms with Crippen molar-refractivity contribution >= 4 is 22.4 Å². The highest BCUT2D eigenvalue weighted by Gasteiger charge is 2.31. The van der Waals surface area contributed by atoms with Gasteiger partial charge in [0.2, 0.25) is 10.0 Å². The summed E-state index contributed by atoms with van der Waals surface area (Å²) >= 11 is 0. The highest BCUT2D eigenvalue weighted by atomic mass is 35.5. The second kappa shape index (κ2) is 3.07. The molecule has 3 nitrogen and oxygen atoms in total. The Bertz CT molecular complexity index is 198. The van der Waals surface area contributed by atoms with Gasteiger partial charge in [-0.15, -0.1) is 12.4 Å². The zero-order chi connectivity index (χ0) is 7.07. The van der Waals surface area contributed by atoms with E-state index in [4.69, 9.17) is 0 Å². The first kappa shape index (κ1) is 10.2.